The molecule has 88 valence electrons. The molecule has 1 heterocycles. The predicted molar refractivity (Wildman–Crippen MR) is 60.0 cm³/mol. The fourth-order valence-corrected chi connectivity index (χ4v) is 2.37. The second-order valence-corrected chi connectivity index (χ2v) is 4.39. The van der Waals surface area contributed by atoms with Crippen molar-refractivity contribution in [3.05, 3.63) is 0 Å². The second-order valence-electron chi connectivity index (χ2n) is 4.39. The van der Waals surface area contributed by atoms with E-state index in [2.05, 4.69) is 17.1 Å². The minimum absolute atomic E-state index is 0.185. The van der Waals surface area contributed by atoms with Crippen LogP contribution in [0.3, 0.4) is 0 Å². The van der Waals surface area contributed by atoms with Gasteiger partial charge >= 0.3 is 5.97 Å². The molecule has 4 nitrogen and oxygen atoms in total. The van der Waals surface area contributed by atoms with Gasteiger partial charge in [-0.2, -0.15) is 0 Å². The van der Waals surface area contributed by atoms with Gasteiger partial charge in [0.25, 0.3) is 0 Å². The highest BCUT2D eigenvalue weighted by atomic mass is 16.4. The average molecular weight is 214 g/mol. The normalized spacial score (nSPS) is 28.7. The largest absolute Gasteiger partial charge is 0.481 e. The van der Waals surface area contributed by atoms with Crippen molar-refractivity contribution in [1.82, 2.24) is 10.2 Å². The van der Waals surface area contributed by atoms with Crippen molar-refractivity contribution in [3.63, 3.8) is 0 Å². The molecule has 0 spiro atoms. The Morgan fingerprint density at radius 1 is 1.47 bits per heavy atom. The van der Waals surface area contributed by atoms with E-state index < -0.39 is 5.97 Å². The minimum atomic E-state index is -0.700. The van der Waals surface area contributed by atoms with E-state index in [1.807, 2.05) is 7.05 Å². The van der Waals surface area contributed by atoms with Crippen LogP contribution in [0, 0.1) is 0 Å². The molecule has 1 unspecified atom stereocenters. The number of carbonyl (C=O) groups is 1. The SMILES string of the molecule is CCN1CCCC(CC(=O)O)(NC)CC1. The van der Waals surface area contributed by atoms with Crippen molar-refractivity contribution in [1.29, 1.82) is 0 Å². The van der Waals surface area contributed by atoms with Gasteiger partial charge in [0.05, 0.1) is 6.42 Å². The van der Waals surface area contributed by atoms with Gasteiger partial charge in [-0.05, 0) is 45.9 Å². The molecule has 1 aliphatic rings. The Kier molecular flexibility index (Phi) is 4.54. The van der Waals surface area contributed by atoms with Crippen LogP contribution in [0.15, 0.2) is 0 Å². The quantitative estimate of drug-likeness (QED) is 0.731. The smallest absolute Gasteiger partial charge is 0.305 e. The lowest BCUT2D eigenvalue weighted by Crippen LogP contribution is -2.45. The molecular formula is C11H22N2O2. The third-order valence-corrected chi connectivity index (χ3v) is 3.50. The maximum Gasteiger partial charge on any atom is 0.305 e. The molecule has 0 amide bonds. The standard InChI is InChI=1S/C11H22N2O2/c1-3-13-7-4-5-11(12-2,6-8-13)9-10(14)15/h12H,3-9H2,1-2H3,(H,14,15). The zero-order valence-electron chi connectivity index (χ0n) is 9.75. The molecule has 0 aromatic rings. The Hall–Kier alpha value is -0.610. The third-order valence-electron chi connectivity index (χ3n) is 3.50. The first-order chi connectivity index (χ1) is 7.12. The summed E-state index contributed by atoms with van der Waals surface area (Å²) >= 11 is 0. The van der Waals surface area contributed by atoms with Crippen LogP contribution in [0.4, 0.5) is 0 Å². The van der Waals surface area contributed by atoms with Crippen molar-refractivity contribution in [2.45, 2.75) is 38.1 Å². The van der Waals surface area contributed by atoms with Crippen LogP contribution in [-0.4, -0.2) is 48.2 Å². The number of hydrogen-bond acceptors (Lipinski definition) is 3. The molecule has 1 aliphatic heterocycles. The number of aliphatic carboxylic acids is 1. The average Bonchev–Trinajstić information content (AvgIpc) is 2.40. The molecule has 0 bridgehead atoms. The Morgan fingerprint density at radius 3 is 2.73 bits per heavy atom. The Bertz CT molecular complexity index is 221. The van der Waals surface area contributed by atoms with E-state index in [4.69, 9.17) is 5.11 Å². The third kappa shape index (κ3) is 3.47. The number of nitrogens with one attached hydrogen (secondary N) is 1. The van der Waals surface area contributed by atoms with E-state index in [9.17, 15) is 4.79 Å². The molecule has 4 heteroatoms. The minimum Gasteiger partial charge on any atom is -0.481 e. The highest BCUT2D eigenvalue weighted by Gasteiger charge is 2.32. The highest BCUT2D eigenvalue weighted by Crippen LogP contribution is 2.25. The van der Waals surface area contributed by atoms with Gasteiger partial charge in [0.1, 0.15) is 0 Å². The monoisotopic (exact) mass is 214 g/mol. The summed E-state index contributed by atoms with van der Waals surface area (Å²) in [5.41, 5.74) is -0.185. The van der Waals surface area contributed by atoms with Crippen molar-refractivity contribution in [3.8, 4) is 0 Å². The summed E-state index contributed by atoms with van der Waals surface area (Å²) in [5, 5.41) is 12.1. The lowest BCUT2D eigenvalue weighted by molar-refractivity contribution is -0.138. The fourth-order valence-electron chi connectivity index (χ4n) is 2.37. The van der Waals surface area contributed by atoms with E-state index in [0.29, 0.717) is 0 Å². The number of carboxylic acid groups (broad SMARTS) is 1. The lowest BCUT2D eigenvalue weighted by atomic mass is 9.87. The first-order valence-corrected chi connectivity index (χ1v) is 5.75. The van der Waals surface area contributed by atoms with Gasteiger partial charge in [-0.25, -0.2) is 0 Å². The van der Waals surface area contributed by atoms with Crippen LogP contribution in [0.2, 0.25) is 0 Å². The van der Waals surface area contributed by atoms with Gasteiger partial charge in [0.15, 0.2) is 0 Å². The van der Waals surface area contributed by atoms with Crippen LogP contribution in [-0.2, 0) is 4.79 Å². The lowest BCUT2D eigenvalue weighted by Gasteiger charge is -2.31. The molecule has 1 rings (SSSR count). The van der Waals surface area contributed by atoms with Gasteiger partial charge in [0.2, 0.25) is 0 Å². The first-order valence-electron chi connectivity index (χ1n) is 5.75. The molecule has 0 aliphatic carbocycles. The second kappa shape index (κ2) is 5.47. The maximum atomic E-state index is 10.8. The molecule has 1 fully saturated rings. The number of likely N-dealkylation sites (tertiary alicyclic amines) is 1. The van der Waals surface area contributed by atoms with Gasteiger partial charge in [0, 0.05) is 5.54 Å². The topological polar surface area (TPSA) is 52.6 Å². The Morgan fingerprint density at radius 2 is 2.20 bits per heavy atom. The molecule has 0 saturated carbocycles. The van der Waals surface area contributed by atoms with Crippen molar-refractivity contribution in [2.24, 2.45) is 0 Å². The molecule has 0 aromatic heterocycles. The van der Waals surface area contributed by atoms with Crippen LogP contribution < -0.4 is 5.32 Å². The summed E-state index contributed by atoms with van der Waals surface area (Å²) < 4.78 is 0. The first kappa shape index (κ1) is 12.5. The zero-order valence-corrected chi connectivity index (χ0v) is 9.75. The van der Waals surface area contributed by atoms with E-state index in [-0.39, 0.29) is 12.0 Å². The van der Waals surface area contributed by atoms with Crippen LogP contribution >= 0.6 is 0 Å². The highest BCUT2D eigenvalue weighted by molar-refractivity contribution is 5.68. The van der Waals surface area contributed by atoms with Crippen molar-refractivity contribution in [2.75, 3.05) is 26.7 Å². The molecule has 15 heavy (non-hydrogen) atoms. The number of hydrogen-bond donors (Lipinski definition) is 2. The van der Waals surface area contributed by atoms with Gasteiger partial charge in [-0.3, -0.25) is 4.79 Å². The zero-order chi connectivity index (χ0) is 11.3. The summed E-state index contributed by atoms with van der Waals surface area (Å²) in [5.74, 6) is -0.700. The predicted octanol–water partition coefficient (Wildman–Crippen LogP) is 0.925. The molecule has 0 aromatic carbocycles. The number of rotatable bonds is 4. The number of carboxylic acids is 1. The van der Waals surface area contributed by atoms with Gasteiger partial charge in [-0.1, -0.05) is 6.92 Å². The molecular weight excluding hydrogens is 192 g/mol. The van der Waals surface area contributed by atoms with Gasteiger partial charge in [-0.15, -0.1) is 0 Å². The van der Waals surface area contributed by atoms with Crippen molar-refractivity contribution >= 4 is 5.97 Å². The van der Waals surface area contributed by atoms with E-state index >= 15 is 0 Å². The summed E-state index contributed by atoms with van der Waals surface area (Å²) in [4.78, 5) is 13.2. The Balaban J connectivity index is 2.61. The molecule has 0 radical (unpaired) electrons. The summed E-state index contributed by atoms with van der Waals surface area (Å²) in [6.45, 7) is 5.32. The summed E-state index contributed by atoms with van der Waals surface area (Å²) in [6, 6.07) is 0. The summed E-state index contributed by atoms with van der Waals surface area (Å²) in [7, 11) is 1.88. The van der Waals surface area contributed by atoms with Crippen LogP contribution in [0.25, 0.3) is 0 Å². The molecule has 1 saturated heterocycles. The van der Waals surface area contributed by atoms with E-state index in [0.717, 1.165) is 38.9 Å². The molecule has 2 N–H and O–H groups in total. The summed E-state index contributed by atoms with van der Waals surface area (Å²) in [6.07, 6.45) is 3.22. The van der Waals surface area contributed by atoms with Crippen LogP contribution in [0.1, 0.15) is 32.6 Å². The van der Waals surface area contributed by atoms with Gasteiger partial charge < -0.3 is 15.3 Å². The Labute approximate surface area is 91.6 Å². The number of nitrogens with zero attached hydrogens (tertiary/aromatic N) is 1. The van der Waals surface area contributed by atoms with Crippen LogP contribution in [0.5, 0.6) is 0 Å². The van der Waals surface area contributed by atoms with E-state index in [1.165, 1.54) is 0 Å². The maximum absolute atomic E-state index is 10.8. The van der Waals surface area contributed by atoms with Crippen molar-refractivity contribution < 1.29 is 9.90 Å². The fraction of sp³-hybridized carbons (Fsp3) is 0.909. The van der Waals surface area contributed by atoms with E-state index in [1.54, 1.807) is 0 Å². The molecule has 1 atom stereocenters.